The molecule has 2 rings (SSSR count). The van der Waals surface area contributed by atoms with Gasteiger partial charge in [-0.3, -0.25) is 11.3 Å². The van der Waals surface area contributed by atoms with E-state index in [-0.39, 0.29) is 6.04 Å². The lowest BCUT2D eigenvalue weighted by Gasteiger charge is -2.24. The first-order valence-electron chi connectivity index (χ1n) is 7.01. The smallest absolute Gasteiger partial charge is 0.0460 e. The Hall–Kier alpha value is -0.570. The Balaban J connectivity index is 1.86. The molecule has 100 valence electrons. The fraction of sp³-hybridized carbons (Fsp3) is 0.600. The molecule has 1 saturated carbocycles. The molecule has 1 atom stereocenters. The average molecular weight is 267 g/mol. The zero-order valence-corrected chi connectivity index (χ0v) is 11.6. The highest BCUT2D eigenvalue weighted by Crippen LogP contribution is 2.30. The number of nitrogens with one attached hydrogen (secondary N) is 1. The quantitative estimate of drug-likeness (QED) is 0.619. The van der Waals surface area contributed by atoms with E-state index in [1.807, 2.05) is 12.1 Å². The van der Waals surface area contributed by atoms with Crippen molar-refractivity contribution in [3.05, 3.63) is 34.9 Å². The summed E-state index contributed by atoms with van der Waals surface area (Å²) < 4.78 is 0. The molecule has 1 aliphatic carbocycles. The van der Waals surface area contributed by atoms with E-state index in [0.717, 1.165) is 17.4 Å². The van der Waals surface area contributed by atoms with Gasteiger partial charge in [0.15, 0.2) is 0 Å². The van der Waals surface area contributed by atoms with Crippen molar-refractivity contribution in [3.63, 3.8) is 0 Å². The Kier molecular flexibility index (Phi) is 5.48. The lowest BCUT2D eigenvalue weighted by atomic mass is 9.84. The second kappa shape index (κ2) is 7.13. The van der Waals surface area contributed by atoms with Gasteiger partial charge in [-0.1, -0.05) is 55.8 Å². The lowest BCUT2D eigenvalue weighted by molar-refractivity contribution is 0.315. The second-order valence-electron chi connectivity index (χ2n) is 5.35. The van der Waals surface area contributed by atoms with Gasteiger partial charge in [-0.2, -0.15) is 0 Å². The van der Waals surface area contributed by atoms with Gasteiger partial charge in [0.2, 0.25) is 0 Å². The highest BCUT2D eigenvalue weighted by molar-refractivity contribution is 6.30. The maximum Gasteiger partial charge on any atom is 0.0460 e. The summed E-state index contributed by atoms with van der Waals surface area (Å²) in [5.74, 6) is 6.58. The lowest BCUT2D eigenvalue weighted by Crippen LogP contribution is -2.28. The normalized spacial score (nSPS) is 18.8. The van der Waals surface area contributed by atoms with E-state index >= 15 is 0 Å². The fourth-order valence-electron chi connectivity index (χ4n) is 2.92. The Morgan fingerprint density at radius 3 is 2.44 bits per heavy atom. The zero-order chi connectivity index (χ0) is 12.8. The van der Waals surface area contributed by atoms with Crippen molar-refractivity contribution in [2.75, 3.05) is 0 Å². The third-order valence-electron chi connectivity index (χ3n) is 4.06. The minimum Gasteiger partial charge on any atom is -0.271 e. The van der Waals surface area contributed by atoms with Crippen LogP contribution in [0, 0.1) is 5.92 Å². The van der Waals surface area contributed by atoms with Crippen LogP contribution in [-0.2, 0) is 0 Å². The van der Waals surface area contributed by atoms with Crippen LogP contribution in [0.1, 0.15) is 56.6 Å². The Morgan fingerprint density at radius 2 is 1.83 bits per heavy atom. The van der Waals surface area contributed by atoms with Crippen molar-refractivity contribution in [1.29, 1.82) is 0 Å². The predicted octanol–water partition coefficient (Wildman–Crippen LogP) is 4.20. The van der Waals surface area contributed by atoms with Gasteiger partial charge in [-0.15, -0.1) is 0 Å². The van der Waals surface area contributed by atoms with Crippen LogP contribution in [0.5, 0.6) is 0 Å². The van der Waals surface area contributed by atoms with Gasteiger partial charge < -0.3 is 0 Å². The van der Waals surface area contributed by atoms with Crippen LogP contribution in [0.3, 0.4) is 0 Å². The molecular formula is C15H23ClN2. The molecule has 0 aromatic heterocycles. The number of hydrogen-bond donors (Lipinski definition) is 2. The fourth-order valence-corrected chi connectivity index (χ4v) is 3.05. The van der Waals surface area contributed by atoms with Crippen LogP contribution >= 0.6 is 11.6 Å². The third kappa shape index (κ3) is 3.98. The Morgan fingerprint density at radius 1 is 1.17 bits per heavy atom. The molecule has 1 aliphatic rings. The van der Waals surface area contributed by atoms with Crippen molar-refractivity contribution in [2.45, 2.75) is 51.0 Å². The predicted molar refractivity (Wildman–Crippen MR) is 77.3 cm³/mol. The molecule has 3 heteroatoms. The third-order valence-corrected chi connectivity index (χ3v) is 4.31. The monoisotopic (exact) mass is 266 g/mol. The van der Waals surface area contributed by atoms with Crippen LogP contribution in [0.25, 0.3) is 0 Å². The summed E-state index contributed by atoms with van der Waals surface area (Å²) in [6.45, 7) is 0. The Labute approximate surface area is 115 Å². The van der Waals surface area contributed by atoms with E-state index in [2.05, 4.69) is 17.6 Å². The van der Waals surface area contributed by atoms with Crippen molar-refractivity contribution < 1.29 is 0 Å². The maximum atomic E-state index is 5.91. The van der Waals surface area contributed by atoms with Crippen LogP contribution in [0.2, 0.25) is 5.02 Å². The Bertz CT molecular complexity index is 344. The molecule has 0 saturated heterocycles. The van der Waals surface area contributed by atoms with Gasteiger partial charge in [-0.05, 0) is 36.5 Å². The molecule has 1 aromatic rings. The molecule has 0 aliphatic heterocycles. The summed E-state index contributed by atoms with van der Waals surface area (Å²) in [6, 6.07) is 8.25. The standard InChI is InChI=1S/C15H23ClN2/c16-14-9-7-13(8-10-14)15(18-17)11-6-12-4-2-1-3-5-12/h7-10,12,15,18H,1-6,11,17H2. The minimum atomic E-state index is 0.254. The molecule has 1 fully saturated rings. The van der Waals surface area contributed by atoms with Crippen LogP contribution in [-0.4, -0.2) is 0 Å². The van der Waals surface area contributed by atoms with Gasteiger partial charge in [0.05, 0.1) is 0 Å². The first-order valence-corrected chi connectivity index (χ1v) is 7.39. The molecule has 18 heavy (non-hydrogen) atoms. The molecule has 0 heterocycles. The van der Waals surface area contributed by atoms with Crippen LogP contribution < -0.4 is 11.3 Å². The van der Waals surface area contributed by atoms with Crippen molar-refractivity contribution in [3.8, 4) is 0 Å². The van der Waals surface area contributed by atoms with Gasteiger partial charge in [0.1, 0.15) is 0 Å². The van der Waals surface area contributed by atoms with E-state index in [9.17, 15) is 0 Å². The first kappa shape index (κ1) is 13.9. The molecular weight excluding hydrogens is 244 g/mol. The van der Waals surface area contributed by atoms with E-state index in [4.69, 9.17) is 17.4 Å². The van der Waals surface area contributed by atoms with E-state index in [1.165, 1.54) is 44.1 Å². The molecule has 0 spiro atoms. The summed E-state index contributed by atoms with van der Waals surface area (Å²) in [5.41, 5.74) is 4.17. The number of rotatable bonds is 5. The SMILES string of the molecule is NNC(CCC1CCCCC1)c1ccc(Cl)cc1. The zero-order valence-electron chi connectivity index (χ0n) is 10.9. The van der Waals surface area contributed by atoms with Gasteiger partial charge in [-0.25, -0.2) is 0 Å². The highest BCUT2D eigenvalue weighted by atomic mass is 35.5. The van der Waals surface area contributed by atoms with Crippen LogP contribution in [0.4, 0.5) is 0 Å². The van der Waals surface area contributed by atoms with Gasteiger partial charge in [0, 0.05) is 11.1 Å². The highest BCUT2D eigenvalue weighted by Gasteiger charge is 2.16. The summed E-state index contributed by atoms with van der Waals surface area (Å²) in [5, 5.41) is 0.779. The number of benzene rings is 1. The topological polar surface area (TPSA) is 38.0 Å². The molecule has 0 amide bonds. The maximum absolute atomic E-state index is 5.91. The number of hydrazine groups is 1. The molecule has 2 nitrogen and oxygen atoms in total. The van der Waals surface area contributed by atoms with Crippen molar-refractivity contribution in [2.24, 2.45) is 11.8 Å². The van der Waals surface area contributed by atoms with E-state index in [0.29, 0.717) is 0 Å². The molecule has 1 unspecified atom stereocenters. The summed E-state index contributed by atoms with van der Waals surface area (Å²) >= 11 is 5.91. The van der Waals surface area contributed by atoms with Gasteiger partial charge in [0.25, 0.3) is 0 Å². The average Bonchev–Trinajstić information content (AvgIpc) is 2.42. The molecule has 0 radical (unpaired) electrons. The van der Waals surface area contributed by atoms with E-state index < -0.39 is 0 Å². The number of hydrogen-bond acceptors (Lipinski definition) is 2. The molecule has 0 bridgehead atoms. The minimum absolute atomic E-state index is 0.254. The van der Waals surface area contributed by atoms with Gasteiger partial charge >= 0.3 is 0 Å². The molecule has 3 N–H and O–H groups in total. The van der Waals surface area contributed by atoms with Crippen LogP contribution in [0.15, 0.2) is 24.3 Å². The summed E-state index contributed by atoms with van der Waals surface area (Å²) in [4.78, 5) is 0. The largest absolute Gasteiger partial charge is 0.271 e. The summed E-state index contributed by atoms with van der Waals surface area (Å²) in [6.07, 6.45) is 9.43. The first-order chi connectivity index (χ1) is 8.79. The molecule has 1 aromatic carbocycles. The second-order valence-corrected chi connectivity index (χ2v) is 5.79. The van der Waals surface area contributed by atoms with Crippen molar-refractivity contribution >= 4 is 11.6 Å². The number of halogens is 1. The van der Waals surface area contributed by atoms with E-state index in [1.54, 1.807) is 0 Å². The van der Waals surface area contributed by atoms with Crippen molar-refractivity contribution in [1.82, 2.24) is 5.43 Å². The number of nitrogens with two attached hydrogens (primary N) is 1. The summed E-state index contributed by atoms with van der Waals surface area (Å²) in [7, 11) is 0.